The summed E-state index contributed by atoms with van der Waals surface area (Å²) in [6.45, 7) is 6.10. The zero-order valence-electron chi connectivity index (χ0n) is 8.64. The van der Waals surface area contributed by atoms with Crippen LogP contribution in [0, 0.1) is 6.92 Å². The molecule has 5 heteroatoms. The van der Waals surface area contributed by atoms with Crippen molar-refractivity contribution >= 4 is 17.2 Å². The first-order valence-corrected chi connectivity index (χ1v) is 5.49. The Morgan fingerprint density at radius 1 is 1.80 bits per heavy atom. The summed E-state index contributed by atoms with van der Waals surface area (Å²) in [6.07, 6.45) is 1.64. The van der Waals surface area contributed by atoms with Crippen LogP contribution in [0.2, 0.25) is 0 Å². The van der Waals surface area contributed by atoms with Gasteiger partial charge >= 0.3 is 0 Å². The number of aromatic nitrogens is 1. The number of carbonyl (C=O) groups excluding carboxylic acids is 1. The summed E-state index contributed by atoms with van der Waals surface area (Å²) in [7, 11) is 0. The van der Waals surface area contributed by atoms with E-state index in [0.717, 1.165) is 5.69 Å². The molecular formula is C10H14N2O2S. The maximum Gasteiger partial charge on any atom is 0.266 e. The highest BCUT2D eigenvalue weighted by atomic mass is 32.1. The summed E-state index contributed by atoms with van der Waals surface area (Å²) in [5.41, 5.74) is 2.38. The van der Waals surface area contributed by atoms with Gasteiger partial charge in [0.15, 0.2) is 0 Å². The summed E-state index contributed by atoms with van der Waals surface area (Å²) in [5.74, 6) is -0.0936. The van der Waals surface area contributed by atoms with Gasteiger partial charge < -0.3 is 10.0 Å². The number of nitrogens with zero attached hydrogens (tertiary/aromatic N) is 2. The Hall–Kier alpha value is -1.20. The number of hydrogen-bond acceptors (Lipinski definition) is 4. The predicted octanol–water partition coefficient (Wildman–Crippen LogP) is 1.07. The van der Waals surface area contributed by atoms with Crippen LogP contribution >= 0.6 is 11.3 Å². The lowest BCUT2D eigenvalue weighted by molar-refractivity contribution is 0.0746. The number of aliphatic hydroxyl groups is 1. The molecule has 1 N–H and O–H groups in total. The van der Waals surface area contributed by atoms with E-state index in [9.17, 15) is 4.79 Å². The fourth-order valence-corrected chi connectivity index (χ4v) is 1.97. The van der Waals surface area contributed by atoms with Crippen molar-refractivity contribution in [3.05, 3.63) is 28.7 Å². The SMILES string of the molecule is C=CCN(CCO)C(=O)c1scnc1C. The standard InChI is InChI=1S/C10H14N2O2S/c1-3-4-12(5-6-13)10(14)9-8(2)11-7-15-9/h3,7,13H,1,4-6H2,2H3. The molecule has 1 amide bonds. The van der Waals surface area contributed by atoms with E-state index in [1.54, 1.807) is 23.4 Å². The summed E-state index contributed by atoms with van der Waals surface area (Å²) in [4.78, 5) is 18.1. The minimum Gasteiger partial charge on any atom is -0.395 e. The minimum atomic E-state index is -0.0936. The summed E-state index contributed by atoms with van der Waals surface area (Å²) < 4.78 is 0. The zero-order valence-corrected chi connectivity index (χ0v) is 9.46. The van der Waals surface area contributed by atoms with Crippen molar-refractivity contribution in [2.75, 3.05) is 19.7 Å². The number of carbonyl (C=O) groups is 1. The van der Waals surface area contributed by atoms with Crippen LogP contribution in [0.3, 0.4) is 0 Å². The molecule has 0 radical (unpaired) electrons. The lowest BCUT2D eigenvalue weighted by Gasteiger charge is -2.19. The third-order valence-corrected chi connectivity index (χ3v) is 2.86. The topological polar surface area (TPSA) is 53.4 Å². The smallest absolute Gasteiger partial charge is 0.266 e. The minimum absolute atomic E-state index is 0.0442. The Morgan fingerprint density at radius 3 is 3.00 bits per heavy atom. The second-order valence-corrected chi connectivity index (χ2v) is 3.89. The van der Waals surface area contributed by atoms with Crippen molar-refractivity contribution in [3.8, 4) is 0 Å². The number of rotatable bonds is 5. The van der Waals surface area contributed by atoms with Crippen LogP contribution in [0.1, 0.15) is 15.4 Å². The maximum absolute atomic E-state index is 11.9. The average molecular weight is 226 g/mol. The van der Waals surface area contributed by atoms with Gasteiger partial charge in [-0.25, -0.2) is 4.98 Å². The molecule has 15 heavy (non-hydrogen) atoms. The molecule has 0 aliphatic carbocycles. The number of thiazole rings is 1. The summed E-state index contributed by atoms with van der Waals surface area (Å²) >= 11 is 1.32. The molecule has 0 aromatic carbocycles. The van der Waals surface area contributed by atoms with Gasteiger partial charge in [-0.15, -0.1) is 17.9 Å². The van der Waals surface area contributed by atoms with Crippen LogP contribution in [0.4, 0.5) is 0 Å². The Balaban J connectivity index is 2.80. The van der Waals surface area contributed by atoms with Gasteiger partial charge in [-0.1, -0.05) is 6.08 Å². The van der Waals surface area contributed by atoms with Gasteiger partial charge in [-0.3, -0.25) is 4.79 Å². The molecule has 0 saturated carbocycles. The molecular weight excluding hydrogens is 212 g/mol. The van der Waals surface area contributed by atoms with Crippen molar-refractivity contribution in [3.63, 3.8) is 0 Å². The van der Waals surface area contributed by atoms with Crippen LogP contribution in [-0.2, 0) is 0 Å². The molecule has 0 atom stereocenters. The lowest BCUT2D eigenvalue weighted by Crippen LogP contribution is -2.33. The van der Waals surface area contributed by atoms with Crippen LogP contribution in [0.15, 0.2) is 18.2 Å². The van der Waals surface area contributed by atoms with Crippen molar-refractivity contribution < 1.29 is 9.90 Å². The maximum atomic E-state index is 11.9. The number of amides is 1. The molecule has 0 spiro atoms. The van der Waals surface area contributed by atoms with E-state index in [0.29, 0.717) is 18.0 Å². The summed E-state index contributed by atoms with van der Waals surface area (Å²) in [5, 5.41) is 8.84. The quantitative estimate of drug-likeness (QED) is 0.764. The third-order valence-electron chi connectivity index (χ3n) is 1.95. The van der Waals surface area contributed by atoms with Gasteiger partial charge in [0.05, 0.1) is 17.8 Å². The molecule has 1 aromatic heterocycles. The largest absolute Gasteiger partial charge is 0.395 e. The zero-order chi connectivity index (χ0) is 11.3. The second kappa shape index (κ2) is 5.63. The molecule has 82 valence electrons. The Morgan fingerprint density at radius 2 is 2.53 bits per heavy atom. The molecule has 0 unspecified atom stereocenters. The molecule has 1 heterocycles. The predicted molar refractivity (Wildman–Crippen MR) is 60.0 cm³/mol. The van der Waals surface area contributed by atoms with Gasteiger partial charge in [0.2, 0.25) is 0 Å². The van der Waals surface area contributed by atoms with Crippen molar-refractivity contribution in [1.82, 2.24) is 9.88 Å². The Labute approximate surface area is 92.9 Å². The number of hydrogen-bond donors (Lipinski definition) is 1. The van der Waals surface area contributed by atoms with E-state index in [1.165, 1.54) is 11.3 Å². The van der Waals surface area contributed by atoms with Crippen LogP contribution in [-0.4, -0.2) is 40.6 Å². The van der Waals surface area contributed by atoms with Crippen LogP contribution in [0.5, 0.6) is 0 Å². The molecule has 0 saturated heterocycles. The highest BCUT2D eigenvalue weighted by molar-refractivity contribution is 7.11. The van der Waals surface area contributed by atoms with Gasteiger partial charge in [-0.2, -0.15) is 0 Å². The lowest BCUT2D eigenvalue weighted by atomic mass is 10.3. The fourth-order valence-electron chi connectivity index (χ4n) is 1.20. The normalized spacial score (nSPS) is 10.0. The van der Waals surface area contributed by atoms with Gasteiger partial charge in [0.1, 0.15) is 4.88 Å². The molecule has 0 bridgehead atoms. The monoisotopic (exact) mass is 226 g/mol. The molecule has 1 rings (SSSR count). The average Bonchev–Trinajstić information content (AvgIpc) is 2.63. The third kappa shape index (κ3) is 2.87. The van der Waals surface area contributed by atoms with Crippen LogP contribution < -0.4 is 0 Å². The Kier molecular flexibility index (Phi) is 4.45. The molecule has 1 aromatic rings. The van der Waals surface area contributed by atoms with E-state index in [2.05, 4.69) is 11.6 Å². The van der Waals surface area contributed by atoms with E-state index >= 15 is 0 Å². The van der Waals surface area contributed by atoms with Crippen molar-refractivity contribution in [2.24, 2.45) is 0 Å². The van der Waals surface area contributed by atoms with Gasteiger partial charge in [0, 0.05) is 13.1 Å². The highest BCUT2D eigenvalue weighted by Crippen LogP contribution is 2.14. The number of aliphatic hydroxyl groups excluding tert-OH is 1. The molecule has 0 fully saturated rings. The molecule has 0 aliphatic rings. The molecule has 4 nitrogen and oxygen atoms in total. The first-order valence-electron chi connectivity index (χ1n) is 4.61. The fraction of sp³-hybridized carbons (Fsp3) is 0.400. The Bertz CT molecular complexity index is 349. The van der Waals surface area contributed by atoms with Gasteiger partial charge in [-0.05, 0) is 6.92 Å². The van der Waals surface area contributed by atoms with Gasteiger partial charge in [0.25, 0.3) is 5.91 Å². The first-order chi connectivity index (χ1) is 7.20. The van der Waals surface area contributed by atoms with E-state index in [4.69, 9.17) is 5.11 Å². The van der Waals surface area contributed by atoms with E-state index < -0.39 is 0 Å². The van der Waals surface area contributed by atoms with E-state index in [1.807, 2.05) is 0 Å². The molecule has 0 aliphatic heterocycles. The first kappa shape index (κ1) is 11.9. The second-order valence-electron chi connectivity index (χ2n) is 3.03. The van der Waals surface area contributed by atoms with Crippen LogP contribution in [0.25, 0.3) is 0 Å². The highest BCUT2D eigenvalue weighted by Gasteiger charge is 2.17. The van der Waals surface area contributed by atoms with E-state index in [-0.39, 0.29) is 12.5 Å². The number of aryl methyl sites for hydroxylation is 1. The van der Waals surface area contributed by atoms with Crippen molar-refractivity contribution in [2.45, 2.75) is 6.92 Å². The summed E-state index contributed by atoms with van der Waals surface area (Å²) in [6, 6.07) is 0. The van der Waals surface area contributed by atoms with Crippen molar-refractivity contribution in [1.29, 1.82) is 0 Å².